The number of rotatable bonds is 4. The molecular formula is C19H24N4O. The molecule has 1 N–H and O–H groups in total. The van der Waals surface area contributed by atoms with Gasteiger partial charge < -0.3 is 10.2 Å². The van der Waals surface area contributed by atoms with E-state index in [0.29, 0.717) is 17.9 Å². The zero-order valence-electron chi connectivity index (χ0n) is 14.1. The summed E-state index contributed by atoms with van der Waals surface area (Å²) in [7, 11) is 1.91. The summed E-state index contributed by atoms with van der Waals surface area (Å²) in [5, 5.41) is 7.80. The van der Waals surface area contributed by atoms with E-state index >= 15 is 0 Å². The first-order valence-electron chi connectivity index (χ1n) is 8.73. The van der Waals surface area contributed by atoms with Crippen LogP contribution in [0.3, 0.4) is 0 Å². The van der Waals surface area contributed by atoms with Gasteiger partial charge in [-0.1, -0.05) is 18.2 Å². The van der Waals surface area contributed by atoms with Crippen LogP contribution in [0.4, 0.5) is 0 Å². The van der Waals surface area contributed by atoms with Crippen LogP contribution in [0, 0.1) is 11.3 Å². The Morgan fingerprint density at radius 2 is 2.08 bits per heavy atom. The number of carbonyl (C=O) groups is 1. The van der Waals surface area contributed by atoms with Crippen molar-refractivity contribution < 1.29 is 4.79 Å². The van der Waals surface area contributed by atoms with E-state index in [1.165, 1.54) is 0 Å². The standard InChI is InChI=1S/C19H24N4O/c1-22(18(24)17-11-19(17)7-9-20-10-8-19)13-15-12-21-23(14-15)16-5-3-2-4-6-16/h2-6,12,14,17,20H,7-11,13H2,1H3. The summed E-state index contributed by atoms with van der Waals surface area (Å²) >= 11 is 0. The highest BCUT2D eigenvalue weighted by Gasteiger charge is 2.58. The molecule has 1 aliphatic carbocycles. The Hall–Kier alpha value is -2.14. The van der Waals surface area contributed by atoms with Gasteiger partial charge in [0.25, 0.3) is 0 Å². The van der Waals surface area contributed by atoms with E-state index < -0.39 is 0 Å². The maximum Gasteiger partial charge on any atom is 0.226 e. The van der Waals surface area contributed by atoms with E-state index in [9.17, 15) is 4.79 Å². The van der Waals surface area contributed by atoms with Gasteiger partial charge in [-0.05, 0) is 49.9 Å². The molecule has 5 nitrogen and oxygen atoms in total. The Morgan fingerprint density at radius 3 is 2.83 bits per heavy atom. The fourth-order valence-corrected chi connectivity index (χ4v) is 3.96. The van der Waals surface area contributed by atoms with Gasteiger partial charge in [0.2, 0.25) is 5.91 Å². The minimum Gasteiger partial charge on any atom is -0.341 e. The van der Waals surface area contributed by atoms with E-state index in [4.69, 9.17) is 0 Å². The van der Waals surface area contributed by atoms with E-state index in [1.807, 2.05) is 59.4 Å². The summed E-state index contributed by atoms with van der Waals surface area (Å²) in [5.41, 5.74) is 2.40. The summed E-state index contributed by atoms with van der Waals surface area (Å²) in [6.07, 6.45) is 7.21. The highest BCUT2D eigenvalue weighted by atomic mass is 16.2. The van der Waals surface area contributed by atoms with E-state index in [0.717, 1.165) is 43.6 Å². The molecule has 2 aromatic rings. The van der Waals surface area contributed by atoms with Crippen molar-refractivity contribution in [3.63, 3.8) is 0 Å². The van der Waals surface area contributed by atoms with Crippen LogP contribution in [0.1, 0.15) is 24.8 Å². The summed E-state index contributed by atoms with van der Waals surface area (Å²) in [4.78, 5) is 14.6. The van der Waals surface area contributed by atoms with Crippen molar-refractivity contribution >= 4 is 5.91 Å². The molecule has 1 aromatic carbocycles. The van der Waals surface area contributed by atoms with Crippen molar-refractivity contribution in [2.45, 2.75) is 25.8 Å². The zero-order valence-corrected chi connectivity index (χ0v) is 14.1. The number of piperidine rings is 1. The third-order valence-electron chi connectivity index (χ3n) is 5.54. The van der Waals surface area contributed by atoms with Crippen LogP contribution in [-0.4, -0.2) is 40.7 Å². The van der Waals surface area contributed by atoms with Gasteiger partial charge in [0, 0.05) is 31.3 Å². The van der Waals surface area contributed by atoms with Gasteiger partial charge in [0.05, 0.1) is 11.9 Å². The SMILES string of the molecule is CN(Cc1cnn(-c2ccccc2)c1)C(=O)C1CC12CCNCC2. The van der Waals surface area contributed by atoms with Gasteiger partial charge in [-0.15, -0.1) is 0 Å². The van der Waals surface area contributed by atoms with Crippen LogP contribution in [0.25, 0.3) is 5.69 Å². The Labute approximate surface area is 142 Å². The average Bonchev–Trinajstić information content (AvgIpc) is 3.09. The Morgan fingerprint density at radius 1 is 1.33 bits per heavy atom. The van der Waals surface area contributed by atoms with Crippen LogP contribution in [0.5, 0.6) is 0 Å². The van der Waals surface area contributed by atoms with Crippen molar-refractivity contribution in [1.82, 2.24) is 20.0 Å². The molecule has 2 aliphatic rings. The second-order valence-corrected chi connectivity index (χ2v) is 7.19. The Bertz CT molecular complexity index is 718. The monoisotopic (exact) mass is 324 g/mol. The fourth-order valence-electron chi connectivity index (χ4n) is 3.96. The molecule has 4 rings (SSSR count). The number of amides is 1. The lowest BCUT2D eigenvalue weighted by Gasteiger charge is -2.25. The van der Waals surface area contributed by atoms with Crippen molar-refractivity contribution in [2.75, 3.05) is 20.1 Å². The quantitative estimate of drug-likeness (QED) is 0.938. The summed E-state index contributed by atoms with van der Waals surface area (Å²) in [6, 6.07) is 10.0. The number of nitrogens with zero attached hydrogens (tertiary/aromatic N) is 3. The first-order chi connectivity index (χ1) is 11.7. The zero-order chi connectivity index (χ0) is 16.6. The average molecular weight is 324 g/mol. The highest BCUT2D eigenvalue weighted by molar-refractivity contribution is 5.82. The fraction of sp³-hybridized carbons (Fsp3) is 0.474. The molecule has 1 amide bonds. The minimum atomic E-state index is 0.230. The predicted octanol–water partition coefficient (Wildman–Crippen LogP) is 2.22. The molecule has 1 aliphatic heterocycles. The van der Waals surface area contributed by atoms with E-state index in [-0.39, 0.29) is 5.92 Å². The lowest BCUT2D eigenvalue weighted by atomic mass is 9.91. The van der Waals surface area contributed by atoms with E-state index in [2.05, 4.69) is 10.4 Å². The molecule has 126 valence electrons. The first kappa shape index (κ1) is 15.4. The maximum atomic E-state index is 12.7. The molecule has 0 radical (unpaired) electrons. The normalized spacial score (nSPS) is 21.6. The summed E-state index contributed by atoms with van der Waals surface area (Å²) < 4.78 is 1.86. The molecule has 1 unspecified atom stereocenters. The van der Waals surface area contributed by atoms with Crippen LogP contribution in [0.15, 0.2) is 42.7 Å². The van der Waals surface area contributed by atoms with Gasteiger partial charge in [0.1, 0.15) is 0 Å². The van der Waals surface area contributed by atoms with Gasteiger partial charge in [-0.3, -0.25) is 4.79 Å². The highest BCUT2D eigenvalue weighted by Crippen LogP contribution is 2.59. The smallest absolute Gasteiger partial charge is 0.226 e. The van der Waals surface area contributed by atoms with Gasteiger partial charge in [-0.25, -0.2) is 4.68 Å². The predicted molar refractivity (Wildman–Crippen MR) is 92.7 cm³/mol. The summed E-state index contributed by atoms with van der Waals surface area (Å²) in [5.74, 6) is 0.526. The second-order valence-electron chi connectivity index (χ2n) is 7.19. The van der Waals surface area contributed by atoms with Crippen molar-refractivity contribution in [2.24, 2.45) is 11.3 Å². The molecule has 1 saturated carbocycles. The maximum absolute atomic E-state index is 12.7. The lowest BCUT2D eigenvalue weighted by Crippen LogP contribution is -2.34. The number of para-hydroxylation sites is 1. The Kier molecular flexibility index (Phi) is 3.88. The number of aromatic nitrogens is 2. The molecule has 2 fully saturated rings. The molecule has 0 bridgehead atoms. The van der Waals surface area contributed by atoms with Crippen molar-refractivity contribution in [1.29, 1.82) is 0 Å². The van der Waals surface area contributed by atoms with E-state index in [1.54, 1.807) is 0 Å². The molecule has 1 spiro atoms. The number of benzene rings is 1. The lowest BCUT2D eigenvalue weighted by molar-refractivity contribution is -0.132. The molecule has 2 heterocycles. The third kappa shape index (κ3) is 2.84. The van der Waals surface area contributed by atoms with Gasteiger partial charge in [-0.2, -0.15) is 5.10 Å². The van der Waals surface area contributed by atoms with Crippen molar-refractivity contribution in [3.05, 3.63) is 48.3 Å². The Balaban J connectivity index is 1.39. The van der Waals surface area contributed by atoms with Crippen LogP contribution >= 0.6 is 0 Å². The molecule has 1 aromatic heterocycles. The number of hydrogen-bond donors (Lipinski definition) is 1. The van der Waals surface area contributed by atoms with Crippen LogP contribution in [0.2, 0.25) is 0 Å². The molecule has 5 heteroatoms. The van der Waals surface area contributed by atoms with Gasteiger partial charge in [0.15, 0.2) is 0 Å². The number of nitrogens with one attached hydrogen (secondary N) is 1. The topological polar surface area (TPSA) is 50.2 Å². The second kappa shape index (κ2) is 6.06. The molecule has 24 heavy (non-hydrogen) atoms. The molecule has 1 atom stereocenters. The first-order valence-corrected chi connectivity index (χ1v) is 8.73. The van der Waals surface area contributed by atoms with Crippen LogP contribution < -0.4 is 5.32 Å². The molecular weight excluding hydrogens is 300 g/mol. The minimum absolute atomic E-state index is 0.230. The largest absolute Gasteiger partial charge is 0.341 e. The summed E-state index contributed by atoms with van der Waals surface area (Å²) in [6.45, 7) is 2.73. The van der Waals surface area contributed by atoms with Crippen molar-refractivity contribution in [3.8, 4) is 5.69 Å². The molecule has 1 saturated heterocycles. The number of hydrogen-bond acceptors (Lipinski definition) is 3. The third-order valence-corrected chi connectivity index (χ3v) is 5.54. The van der Waals surface area contributed by atoms with Crippen LogP contribution in [-0.2, 0) is 11.3 Å². The van der Waals surface area contributed by atoms with Gasteiger partial charge >= 0.3 is 0 Å². The number of carbonyl (C=O) groups excluding carboxylic acids is 1.